The summed E-state index contributed by atoms with van der Waals surface area (Å²) >= 11 is 13.8. The van der Waals surface area contributed by atoms with Crippen LogP contribution in [-0.2, 0) is 0 Å². The number of hydrogen-bond donors (Lipinski definition) is 1. The lowest BCUT2D eigenvalue weighted by Gasteiger charge is -2.20. The second kappa shape index (κ2) is 8.71. The molecule has 156 valence electrons. The van der Waals surface area contributed by atoms with Crippen molar-refractivity contribution in [1.29, 1.82) is 0 Å². The molecule has 0 saturated heterocycles. The van der Waals surface area contributed by atoms with Crippen molar-refractivity contribution in [3.8, 4) is 0 Å². The van der Waals surface area contributed by atoms with Crippen LogP contribution >= 0.6 is 34.5 Å². The van der Waals surface area contributed by atoms with Gasteiger partial charge in [-0.1, -0.05) is 47.5 Å². The van der Waals surface area contributed by atoms with Crippen LogP contribution in [0, 0.1) is 6.92 Å². The van der Waals surface area contributed by atoms with E-state index < -0.39 is 0 Å². The molecule has 1 heterocycles. The average Bonchev–Trinajstić information content (AvgIpc) is 3.11. The van der Waals surface area contributed by atoms with Gasteiger partial charge in [0.15, 0.2) is 0 Å². The summed E-state index contributed by atoms with van der Waals surface area (Å²) in [5.74, 6) is -0.492. The fourth-order valence-electron chi connectivity index (χ4n) is 3.26. The SMILES string of the molecule is Cc1ccc(C(=O)Nc2ccc(Cl)cc2)cc1N(C)C(=O)c1sc2ccccc2c1Cl. The van der Waals surface area contributed by atoms with Gasteiger partial charge in [0.2, 0.25) is 0 Å². The van der Waals surface area contributed by atoms with Crippen molar-refractivity contribution in [3.05, 3.63) is 92.8 Å². The zero-order chi connectivity index (χ0) is 22.1. The predicted octanol–water partition coefficient (Wildman–Crippen LogP) is 7.05. The number of fused-ring (bicyclic) bond motifs is 1. The van der Waals surface area contributed by atoms with Crippen molar-refractivity contribution in [2.24, 2.45) is 0 Å². The number of benzene rings is 3. The van der Waals surface area contributed by atoms with E-state index in [4.69, 9.17) is 23.2 Å². The van der Waals surface area contributed by atoms with Crippen molar-refractivity contribution in [2.45, 2.75) is 6.92 Å². The molecule has 0 saturated carbocycles. The first-order valence-electron chi connectivity index (χ1n) is 9.48. The van der Waals surface area contributed by atoms with E-state index in [-0.39, 0.29) is 11.8 Å². The maximum atomic E-state index is 13.2. The monoisotopic (exact) mass is 468 g/mol. The van der Waals surface area contributed by atoms with Gasteiger partial charge in [-0.2, -0.15) is 0 Å². The molecule has 7 heteroatoms. The second-order valence-electron chi connectivity index (χ2n) is 7.07. The van der Waals surface area contributed by atoms with Gasteiger partial charge in [0.1, 0.15) is 4.88 Å². The number of rotatable bonds is 4. The number of amides is 2. The van der Waals surface area contributed by atoms with Gasteiger partial charge < -0.3 is 10.2 Å². The van der Waals surface area contributed by atoms with Gasteiger partial charge in [-0.3, -0.25) is 9.59 Å². The Labute approximate surface area is 194 Å². The molecule has 0 fully saturated rings. The maximum Gasteiger partial charge on any atom is 0.269 e. The minimum atomic E-state index is -0.274. The third kappa shape index (κ3) is 4.30. The van der Waals surface area contributed by atoms with Gasteiger partial charge in [-0.05, 0) is 55.0 Å². The first kappa shape index (κ1) is 21.4. The largest absolute Gasteiger partial charge is 0.322 e. The van der Waals surface area contributed by atoms with Crippen LogP contribution in [0.3, 0.4) is 0 Å². The molecule has 4 nitrogen and oxygen atoms in total. The zero-order valence-corrected chi connectivity index (χ0v) is 19.1. The smallest absolute Gasteiger partial charge is 0.269 e. The third-order valence-electron chi connectivity index (χ3n) is 4.97. The standard InChI is InChI=1S/C24H18Cl2N2O2S/c1-14-7-8-15(23(29)27-17-11-9-16(25)10-12-17)13-19(14)28(2)24(30)22-21(26)18-5-3-4-6-20(18)31-22/h3-13H,1-2H3,(H,27,29). The molecule has 0 spiro atoms. The fourth-order valence-corrected chi connectivity index (χ4v) is 4.88. The number of halogens is 2. The molecule has 1 aromatic heterocycles. The first-order chi connectivity index (χ1) is 14.8. The lowest BCUT2D eigenvalue weighted by molar-refractivity contribution is 0.0993. The third-order valence-corrected chi connectivity index (χ3v) is 6.88. The van der Waals surface area contributed by atoms with E-state index in [1.54, 1.807) is 43.4 Å². The Morgan fingerprint density at radius 3 is 2.39 bits per heavy atom. The first-order valence-corrected chi connectivity index (χ1v) is 11.0. The Kier molecular flexibility index (Phi) is 6.01. The van der Waals surface area contributed by atoms with Crippen LogP contribution in [0.4, 0.5) is 11.4 Å². The number of anilines is 2. The quantitative estimate of drug-likeness (QED) is 0.348. The van der Waals surface area contributed by atoms with E-state index in [9.17, 15) is 9.59 Å². The highest BCUT2D eigenvalue weighted by Gasteiger charge is 2.23. The molecule has 4 aromatic rings. The fraction of sp³-hybridized carbons (Fsp3) is 0.0833. The second-order valence-corrected chi connectivity index (χ2v) is 8.93. The minimum absolute atomic E-state index is 0.218. The van der Waals surface area contributed by atoms with E-state index in [1.807, 2.05) is 37.3 Å². The van der Waals surface area contributed by atoms with Crippen LogP contribution < -0.4 is 10.2 Å². The number of carbonyl (C=O) groups excluding carboxylic acids is 2. The molecule has 0 radical (unpaired) electrons. The van der Waals surface area contributed by atoms with Crippen LogP contribution in [0.15, 0.2) is 66.7 Å². The Morgan fingerprint density at radius 2 is 1.68 bits per heavy atom. The molecule has 3 aromatic carbocycles. The Bertz CT molecular complexity index is 1300. The predicted molar refractivity (Wildman–Crippen MR) is 130 cm³/mol. The summed E-state index contributed by atoms with van der Waals surface area (Å²) in [6.07, 6.45) is 0. The number of nitrogens with zero attached hydrogens (tertiary/aromatic N) is 1. The van der Waals surface area contributed by atoms with E-state index in [1.165, 1.54) is 16.2 Å². The molecule has 0 aliphatic heterocycles. The number of hydrogen-bond acceptors (Lipinski definition) is 3. The van der Waals surface area contributed by atoms with Crippen LogP contribution in [0.1, 0.15) is 25.6 Å². The number of aryl methyl sites for hydroxylation is 1. The number of nitrogens with one attached hydrogen (secondary N) is 1. The van der Waals surface area contributed by atoms with Gasteiger partial charge in [-0.25, -0.2) is 0 Å². The molecule has 31 heavy (non-hydrogen) atoms. The number of thiophene rings is 1. The summed E-state index contributed by atoms with van der Waals surface area (Å²) in [7, 11) is 1.69. The van der Waals surface area contributed by atoms with E-state index in [2.05, 4.69) is 5.32 Å². The Morgan fingerprint density at radius 1 is 0.968 bits per heavy atom. The van der Waals surface area contributed by atoms with Crippen molar-refractivity contribution in [1.82, 2.24) is 0 Å². The molecular formula is C24H18Cl2N2O2S. The van der Waals surface area contributed by atoms with Crippen molar-refractivity contribution >= 4 is 67.8 Å². The summed E-state index contributed by atoms with van der Waals surface area (Å²) < 4.78 is 0.956. The van der Waals surface area contributed by atoms with Crippen molar-refractivity contribution in [3.63, 3.8) is 0 Å². The molecule has 0 unspecified atom stereocenters. The highest BCUT2D eigenvalue weighted by atomic mass is 35.5. The van der Waals surface area contributed by atoms with Gasteiger partial charge in [0.25, 0.3) is 11.8 Å². The molecule has 0 aliphatic rings. The van der Waals surface area contributed by atoms with Crippen LogP contribution in [0.2, 0.25) is 10.0 Å². The molecule has 0 aliphatic carbocycles. The molecular weight excluding hydrogens is 451 g/mol. The number of carbonyl (C=O) groups is 2. The van der Waals surface area contributed by atoms with Gasteiger partial charge in [-0.15, -0.1) is 11.3 Å². The van der Waals surface area contributed by atoms with E-state index in [0.717, 1.165) is 15.6 Å². The van der Waals surface area contributed by atoms with Crippen LogP contribution in [0.25, 0.3) is 10.1 Å². The summed E-state index contributed by atoms with van der Waals surface area (Å²) in [5, 5.41) is 4.74. The molecule has 1 N–H and O–H groups in total. The normalized spacial score (nSPS) is 10.8. The van der Waals surface area contributed by atoms with E-state index in [0.29, 0.717) is 31.9 Å². The molecule has 4 rings (SSSR count). The van der Waals surface area contributed by atoms with Crippen LogP contribution in [-0.4, -0.2) is 18.9 Å². The summed E-state index contributed by atoms with van der Waals surface area (Å²) in [4.78, 5) is 28.0. The summed E-state index contributed by atoms with van der Waals surface area (Å²) in [5.41, 5.74) is 2.59. The highest BCUT2D eigenvalue weighted by molar-refractivity contribution is 7.21. The molecule has 0 bridgehead atoms. The van der Waals surface area contributed by atoms with Gasteiger partial charge in [0.05, 0.1) is 5.02 Å². The maximum absolute atomic E-state index is 13.2. The lowest BCUT2D eigenvalue weighted by Crippen LogP contribution is -2.27. The zero-order valence-electron chi connectivity index (χ0n) is 16.8. The highest BCUT2D eigenvalue weighted by Crippen LogP contribution is 2.36. The Hall–Kier alpha value is -2.86. The lowest BCUT2D eigenvalue weighted by atomic mass is 10.1. The topological polar surface area (TPSA) is 49.4 Å². The minimum Gasteiger partial charge on any atom is -0.322 e. The average molecular weight is 469 g/mol. The van der Waals surface area contributed by atoms with Crippen molar-refractivity contribution < 1.29 is 9.59 Å². The van der Waals surface area contributed by atoms with E-state index >= 15 is 0 Å². The van der Waals surface area contributed by atoms with Gasteiger partial charge in [0, 0.05) is 39.1 Å². The van der Waals surface area contributed by atoms with Gasteiger partial charge >= 0.3 is 0 Å². The Balaban J connectivity index is 1.62. The summed E-state index contributed by atoms with van der Waals surface area (Å²) in [6.45, 7) is 1.90. The summed E-state index contributed by atoms with van der Waals surface area (Å²) in [6, 6.07) is 19.8. The molecule has 0 atom stereocenters. The molecule has 2 amide bonds. The van der Waals surface area contributed by atoms with Crippen LogP contribution in [0.5, 0.6) is 0 Å². The van der Waals surface area contributed by atoms with Crippen molar-refractivity contribution in [2.75, 3.05) is 17.3 Å².